The fraction of sp³-hybridized carbons (Fsp3) is 0.500. The molecule has 0 saturated carbocycles. The third-order valence-corrected chi connectivity index (χ3v) is 4.67. The van der Waals surface area contributed by atoms with Crippen molar-refractivity contribution in [2.75, 3.05) is 20.2 Å². The zero-order chi connectivity index (χ0) is 16.2. The summed E-state index contributed by atoms with van der Waals surface area (Å²) in [7, 11) is -1.08. The Morgan fingerprint density at radius 2 is 2.05 bits per heavy atom. The summed E-state index contributed by atoms with van der Waals surface area (Å²) in [6.07, 6.45) is 1.15. The number of carbonyl (C=O) groups is 2. The monoisotopic (exact) mass is 318 g/mol. The van der Waals surface area contributed by atoms with Crippen LogP contribution in [-0.2, 0) is 26.6 Å². The summed E-state index contributed by atoms with van der Waals surface area (Å²) in [6, 6.07) is 1.08. The van der Waals surface area contributed by atoms with E-state index in [1.807, 2.05) is 0 Å². The maximum absolute atomic E-state index is 12.3. The third-order valence-electron chi connectivity index (χ3n) is 2.84. The van der Waals surface area contributed by atoms with E-state index in [2.05, 4.69) is 0 Å². The topological polar surface area (TPSA) is 106 Å². The average molecular weight is 318 g/mol. The Kier molecular flexibility index (Phi) is 5.50. The van der Waals surface area contributed by atoms with Gasteiger partial charge < -0.3 is 14.4 Å². The zero-order valence-corrected chi connectivity index (χ0v) is 12.9. The van der Waals surface area contributed by atoms with Crippen LogP contribution in [0.2, 0.25) is 0 Å². The number of hydrogen-bond acceptors (Lipinski definition) is 5. The van der Waals surface area contributed by atoms with Gasteiger partial charge in [0.15, 0.2) is 0 Å². The van der Waals surface area contributed by atoms with Crippen LogP contribution in [0.4, 0.5) is 0 Å². The molecular formula is C12H18N2O6S. The first kappa shape index (κ1) is 17.2. The van der Waals surface area contributed by atoms with E-state index in [0.717, 1.165) is 10.4 Å². The molecule has 0 fully saturated rings. The summed E-state index contributed by atoms with van der Waals surface area (Å²) in [5, 5.41) is 8.93. The molecule has 0 aliphatic carbocycles. The molecule has 9 heteroatoms. The maximum atomic E-state index is 12.3. The van der Waals surface area contributed by atoms with Crippen molar-refractivity contribution in [3.05, 3.63) is 18.0 Å². The van der Waals surface area contributed by atoms with Gasteiger partial charge in [-0.05, 0) is 13.0 Å². The van der Waals surface area contributed by atoms with E-state index in [0.29, 0.717) is 0 Å². The molecule has 0 saturated heterocycles. The maximum Gasteiger partial charge on any atom is 0.352 e. The second-order valence-electron chi connectivity index (χ2n) is 4.36. The predicted octanol–water partition coefficient (Wildman–Crippen LogP) is 0.297. The van der Waals surface area contributed by atoms with Crippen molar-refractivity contribution in [1.82, 2.24) is 8.87 Å². The van der Waals surface area contributed by atoms with Crippen LogP contribution < -0.4 is 0 Å². The van der Waals surface area contributed by atoms with Gasteiger partial charge in [0.25, 0.3) is 0 Å². The van der Waals surface area contributed by atoms with Crippen LogP contribution in [0.1, 0.15) is 23.8 Å². The Morgan fingerprint density at radius 1 is 1.43 bits per heavy atom. The molecule has 0 atom stereocenters. The van der Waals surface area contributed by atoms with Gasteiger partial charge in [0.1, 0.15) is 10.6 Å². The van der Waals surface area contributed by atoms with Crippen molar-refractivity contribution in [2.24, 2.45) is 7.05 Å². The number of aryl methyl sites for hydroxylation is 1. The van der Waals surface area contributed by atoms with E-state index >= 15 is 0 Å². The van der Waals surface area contributed by atoms with Gasteiger partial charge in [-0.25, -0.2) is 17.5 Å². The molecule has 1 aromatic heterocycles. The van der Waals surface area contributed by atoms with Crippen LogP contribution in [0.15, 0.2) is 17.2 Å². The Hall–Kier alpha value is -1.87. The number of rotatable bonds is 7. The fourth-order valence-electron chi connectivity index (χ4n) is 1.67. The van der Waals surface area contributed by atoms with E-state index in [1.165, 1.54) is 24.9 Å². The normalized spacial score (nSPS) is 11.6. The molecule has 8 nitrogen and oxygen atoms in total. The largest absolute Gasteiger partial charge is 0.477 e. The van der Waals surface area contributed by atoms with Gasteiger partial charge in [-0.3, -0.25) is 4.79 Å². The highest BCUT2D eigenvalue weighted by Gasteiger charge is 2.25. The molecule has 0 bridgehead atoms. The minimum absolute atomic E-state index is 0.0432. The van der Waals surface area contributed by atoms with E-state index in [1.54, 1.807) is 6.92 Å². The second-order valence-corrected chi connectivity index (χ2v) is 6.40. The molecule has 0 radical (unpaired) electrons. The molecule has 0 unspecified atom stereocenters. The molecule has 1 heterocycles. The quantitative estimate of drug-likeness (QED) is 0.725. The van der Waals surface area contributed by atoms with Gasteiger partial charge >= 0.3 is 11.9 Å². The zero-order valence-electron chi connectivity index (χ0n) is 12.1. The number of aromatic nitrogens is 1. The minimum atomic E-state index is -3.84. The highest BCUT2D eigenvalue weighted by molar-refractivity contribution is 7.89. The molecular weight excluding hydrogens is 300 g/mol. The van der Waals surface area contributed by atoms with Gasteiger partial charge in [-0.2, -0.15) is 0 Å². The Labute approximate surface area is 123 Å². The highest BCUT2D eigenvalue weighted by Crippen LogP contribution is 2.17. The smallest absolute Gasteiger partial charge is 0.352 e. The number of sulfonamides is 1. The Bertz CT molecular complexity index is 634. The molecule has 1 aromatic rings. The van der Waals surface area contributed by atoms with Crippen LogP contribution >= 0.6 is 0 Å². The first-order chi connectivity index (χ1) is 9.70. The molecule has 21 heavy (non-hydrogen) atoms. The van der Waals surface area contributed by atoms with Crippen LogP contribution in [0, 0.1) is 0 Å². The first-order valence-corrected chi connectivity index (χ1v) is 7.65. The van der Waals surface area contributed by atoms with Gasteiger partial charge in [-0.1, -0.05) is 0 Å². The van der Waals surface area contributed by atoms with E-state index < -0.39 is 22.0 Å². The van der Waals surface area contributed by atoms with Gasteiger partial charge in [-0.15, -0.1) is 0 Å². The summed E-state index contributed by atoms with van der Waals surface area (Å²) in [6.45, 7) is 1.85. The number of nitrogens with zero attached hydrogens (tertiary/aromatic N) is 2. The van der Waals surface area contributed by atoms with Crippen molar-refractivity contribution < 1.29 is 27.9 Å². The highest BCUT2D eigenvalue weighted by atomic mass is 32.2. The average Bonchev–Trinajstić information content (AvgIpc) is 2.79. The van der Waals surface area contributed by atoms with Crippen molar-refractivity contribution in [1.29, 1.82) is 0 Å². The second kappa shape index (κ2) is 6.72. The number of esters is 1. The summed E-state index contributed by atoms with van der Waals surface area (Å²) in [4.78, 5) is 22.0. The molecule has 118 valence electrons. The number of carbonyl (C=O) groups excluding carboxylic acids is 1. The van der Waals surface area contributed by atoms with E-state index in [9.17, 15) is 18.0 Å². The number of carboxylic acids is 1. The summed E-state index contributed by atoms with van der Waals surface area (Å²) >= 11 is 0. The molecule has 0 aliphatic rings. The van der Waals surface area contributed by atoms with Crippen molar-refractivity contribution >= 4 is 22.0 Å². The first-order valence-electron chi connectivity index (χ1n) is 6.21. The van der Waals surface area contributed by atoms with Crippen LogP contribution in [0.25, 0.3) is 0 Å². The lowest BCUT2D eigenvalue weighted by molar-refractivity contribution is -0.143. The van der Waals surface area contributed by atoms with Crippen molar-refractivity contribution in [3.63, 3.8) is 0 Å². The van der Waals surface area contributed by atoms with E-state index in [4.69, 9.17) is 9.84 Å². The standard InChI is InChI=1S/C12H18N2O6S/c1-4-20-11(15)5-6-14(3)21(18,19)9-7-10(12(16)17)13(2)8-9/h7-8H,4-6H2,1-3H3,(H,16,17). The lowest BCUT2D eigenvalue weighted by atomic mass is 10.4. The van der Waals surface area contributed by atoms with Gasteiger partial charge in [0, 0.05) is 26.8 Å². The minimum Gasteiger partial charge on any atom is -0.477 e. The van der Waals surface area contributed by atoms with Gasteiger partial charge in [0.2, 0.25) is 10.0 Å². The lowest BCUT2D eigenvalue weighted by Crippen LogP contribution is -2.29. The van der Waals surface area contributed by atoms with Crippen LogP contribution in [0.3, 0.4) is 0 Å². The third kappa shape index (κ3) is 4.05. The number of carboxylic acid groups (broad SMARTS) is 1. The number of hydrogen-bond donors (Lipinski definition) is 1. The number of ether oxygens (including phenoxy) is 1. The molecule has 0 amide bonds. The summed E-state index contributed by atoms with van der Waals surface area (Å²) < 4.78 is 31.4. The predicted molar refractivity (Wildman–Crippen MR) is 73.4 cm³/mol. The van der Waals surface area contributed by atoms with Crippen molar-refractivity contribution in [3.8, 4) is 0 Å². The van der Waals surface area contributed by atoms with Crippen molar-refractivity contribution in [2.45, 2.75) is 18.2 Å². The SMILES string of the molecule is CCOC(=O)CCN(C)S(=O)(=O)c1cc(C(=O)O)n(C)c1. The molecule has 1 N–H and O–H groups in total. The molecule has 0 spiro atoms. The van der Waals surface area contributed by atoms with Crippen LogP contribution in [0.5, 0.6) is 0 Å². The molecule has 0 aromatic carbocycles. The summed E-state index contributed by atoms with van der Waals surface area (Å²) in [5.74, 6) is -1.70. The molecule has 1 rings (SSSR count). The van der Waals surface area contributed by atoms with E-state index in [-0.39, 0.29) is 30.2 Å². The summed E-state index contributed by atoms with van der Waals surface area (Å²) in [5.41, 5.74) is -0.132. The molecule has 0 aliphatic heterocycles. The van der Waals surface area contributed by atoms with Crippen LogP contribution in [-0.4, -0.2) is 54.5 Å². The Balaban J connectivity index is 2.87. The Morgan fingerprint density at radius 3 is 2.52 bits per heavy atom. The fourth-order valence-corrected chi connectivity index (χ4v) is 2.91. The van der Waals surface area contributed by atoms with Gasteiger partial charge in [0.05, 0.1) is 13.0 Å². The lowest BCUT2D eigenvalue weighted by Gasteiger charge is -2.15. The number of aromatic carboxylic acids is 1.